The van der Waals surface area contributed by atoms with Gasteiger partial charge in [0, 0.05) is 22.9 Å². The molecule has 2 aromatic rings. The number of benzene rings is 2. The van der Waals surface area contributed by atoms with Crippen LogP contribution in [0.25, 0.3) is 0 Å². The van der Waals surface area contributed by atoms with Crippen LogP contribution in [0.4, 0.5) is 11.4 Å². The minimum atomic E-state index is -0.613. The van der Waals surface area contributed by atoms with Crippen molar-refractivity contribution in [3.63, 3.8) is 0 Å². The lowest BCUT2D eigenvalue weighted by Gasteiger charge is -2.00. The highest BCUT2D eigenvalue weighted by molar-refractivity contribution is 6.30. The van der Waals surface area contributed by atoms with Gasteiger partial charge in [-0.1, -0.05) is 11.6 Å². The predicted molar refractivity (Wildman–Crippen MR) is 75.1 cm³/mol. The second-order valence-corrected chi connectivity index (χ2v) is 4.33. The summed E-state index contributed by atoms with van der Waals surface area (Å²) in [5.74, 6) is -0.369. The summed E-state index contributed by atoms with van der Waals surface area (Å²) in [5.41, 5.74) is 0.341. The molecule has 0 bridgehead atoms. The first-order valence-electron chi connectivity index (χ1n) is 5.47. The molecule has 0 unspecified atom stereocenters. The molecule has 102 valence electrons. The zero-order chi connectivity index (χ0) is 14.7. The highest BCUT2D eigenvalue weighted by atomic mass is 35.5. The van der Waals surface area contributed by atoms with E-state index < -0.39 is 4.92 Å². The van der Waals surface area contributed by atoms with Crippen LogP contribution in [0.1, 0.15) is 5.56 Å². The Balaban J connectivity index is 2.29. The average Bonchev–Trinajstić information content (AvgIpc) is 2.38. The Morgan fingerprint density at radius 3 is 2.50 bits per heavy atom. The van der Waals surface area contributed by atoms with Gasteiger partial charge in [0.2, 0.25) is 0 Å². The van der Waals surface area contributed by atoms with Gasteiger partial charge in [0.1, 0.15) is 17.2 Å². The maximum absolute atomic E-state index is 10.5. The van der Waals surface area contributed by atoms with Gasteiger partial charge in [-0.15, -0.1) is 0 Å². The Morgan fingerprint density at radius 2 is 1.90 bits per heavy atom. The molecule has 0 spiro atoms. The molecule has 0 saturated heterocycles. The Bertz CT molecular complexity index is 701. The number of phenolic OH excluding ortho intramolecular Hbond substituents is 2. The van der Waals surface area contributed by atoms with Crippen LogP contribution in [0, 0.1) is 10.1 Å². The summed E-state index contributed by atoms with van der Waals surface area (Å²) >= 11 is 5.70. The minimum absolute atomic E-state index is 0.0531. The maximum Gasteiger partial charge on any atom is 0.273 e. The lowest BCUT2D eigenvalue weighted by atomic mass is 10.2. The van der Waals surface area contributed by atoms with Crippen molar-refractivity contribution in [2.24, 2.45) is 4.99 Å². The fourth-order valence-corrected chi connectivity index (χ4v) is 1.67. The summed E-state index contributed by atoms with van der Waals surface area (Å²) in [5, 5.41) is 30.2. The quantitative estimate of drug-likeness (QED) is 0.515. The van der Waals surface area contributed by atoms with E-state index in [0.29, 0.717) is 10.6 Å². The molecule has 6 nitrogen and oxygen atoms in total. The summed E-state index contributed by atoms with van der Waals surface area (Å²) in [6.45, 7) is 0. The van der Waals surface area contributed by atoms with Gasteiger partial charge in [0.15, 0.2) is 0 Å². The Morgan fingerprint density at radius 1 is 1.15 bits per heavy atom. The number of non-ortho nitro benzene ring substituents is 1. The van der Waals surface area contributed by atoms with E-state index in [4.69, 9.17) is 11.6 Å². The van der Waals surface area contributed by atoms with Crippen LogP contribution in [-0.4, -0.2) is 21.4 Å². The Hall–Kier alpha value is -2.60. The second kappa shape index (κ2) is 5.58. The number of hydrogen-bond acceptors (Lipinski definition) is 5. The smallest absolute Gasteiger partial charge is 0.273 e. The highest BCUT2D eigenvalue weighted by Gasteiger charge is 2.09. The molecule has 0 aliphatic rings. The van der Waals surface area contributed by atoms with Crippen molar-refractivity contribution in [2.75, 3.05) is 0 Å². The first-order valence-corrected chi connectivity index (χ1v) is 5.85. The van der Waals surface area contributed by atoms with Crippen LogP contribution in [0.15, 0.2) is 41.4 Å². The SMILES string of the molecule is O=[N+]([O-])c1ccc(N=Cc2ccc(Cl)cc2O)c(O)c1. The molecule has 0 aromatic heterocycles. The van der Waals surface area contributed by atoms with Crippen LogP contribution >= 0.6 is 11.6 Å². The molecule has 0 radical (unpaired) electrons. The molecule has 2 aromatic carbocycles. The molecule has 7 heteroatoms. The molecule has 0 saturated carbocycles. The molecule has 0 aliphatic carbocycles. The van der Waals surface area contributed by atoms with Gasteiger partial charge in [-0.2, -0.15) is 0 Å². The molecule has 0 atom stereocenters. The maximum atomic E-state index is 10.5. The molecule has 0 heterocycles. The number of nitro benzene ring substituents is 1. The van der Waals surface area contributed by atoms with Gasteiger partial charge in [0.25, 0.3) is 5.69 Å². The Kier molecular flexibility index (Phi) is 3.86. The van der Waals surface area contributed by atoms with Gasteiger partial charge >= 0.3 is 0 Å². The number of nitro groups is 1. The van der Waals surface area contributed by atoms with Crippen molar-refractivity contribution in [3.8, 4) is 11.5 Å². The second-order valence-electron chi connectivity index (χ2n) is 3.89. The first kappa shape index (κ1) is 13.8. The van der Waals surface area contributed by atoms with Gasteiger partial charge in [-0.3, -0.25) is 15.1 Å². The zero-order valence-electron chi connectivity index (χ0n) is 10.0. The van der Waals surface area contributed by atoms with Gasteiger partial charge in [0.05, 0.1) is 11.0 Å². The van der Waals surface area contributed by atoms with E-state index in [9.17, 15) is 20.3 Å². The zero-order valence-corrected chi connectivity index (χ0v) is 10.8. The number of aromatic hydroxyl groups is 2. The number of rotatable bonds is 3. The molecular weight excluding hydrogens is 284 g/mol. The van der Waals surface area contributed by atoms with E-state index in [-0.39, 0.29) is 22.9 Å². The standard InChI is InChI=1S/C13H9ClN2O4/c14-9-2-1-8(12(17)5-9)7-15-11-4-3-10(16(19)20)6-13(11)18/h1-7,17-18H. The van der Waals surface area contributed by atoms with Gasteiger partial charge in [-0.05, 0) is 24.3 Å². The molecule has 0 aliphatic heterocycles. The fourth-order valence-electron chi connectivity index (χ4n) is 1.50. The monoisotopic (exact) mass is 292 g/mol. The average molecular weight is 293 g/mol. The van der Waals surface area contributed by atoms with E-state index >= 15 is 0 Å². The number of halogens is 1. The largest absolute Gasteiger partial charge is 0.507 e. The summed E-state index contributed by atoms with van der Waals surface area (Å²) in [4.78, 5) is 13.9. The van der Waals surface area contributed by atoms with Crippen molar-refractivity contribution in [1.29, 1.82) is 0 Å². The van der Waals surface area contributed by atoms with E-state index in [1.54, 1.807) is 12.1 Å². The van der Waals surface area contributed by atoms with Crippen molar-refractivity contribution >= 4 is 29.2 Å². The summed E-state index contributed by atoms with van der Waals surface area (Å²) < 4.78 is 0. The lowest BCUT2D eigenvalue weighted by molar-refractivity contribution is -0.384. The van der Waals surface area contributed by atoms with Crippen molar-refractivity contribution in [2.45, 2.75) is 0 Å². The third kappa shape index (κ3) is 3.04. The highest BCUT2D eigenvalue weighted by Crippen LogP contribution is 2.30. The molecule has 2 N–H and O–H groups in total. The summed E-state index contributed by atoms with van der Waals surface area (Å²) in [6, 6.07) is 8.06. The van der Waals surface area contributed by atoms with Crippen LogP contribution in [0.2, 0.25) is 5.02 Å². The van der Waals surface area contributed by atoms with Crippen molar-refractivity contribution in [1.82, 2.24) is 0 Å². The van der Waals surface area contributed by atoms with Crippen molar-refractivity contribution < 1.29 is 15.1 Å². The first-order chi connectivity index (χ1) is 9.47. The van der Waals surface area contributed by atoms with Gasteiger partial charge in [-0.25, -0.2) is 0 Å². The van der Waals surface area contributed by atoms with E-state index in [1.165, 1.54) is 24.4 Å². The fraction of sp³-hybridized carbons (Fsp3) is 0. The van der Waals surface area contributed by atoms with Crippen LogP contribution in [-0.2, 0) is 0 Å². The molecule has 20 heavy (non-hydrogen) atoms. The van der Waals surface area contributed by atoms with Gasteiger partial charge < -0.3 is 10.2 Å². The summed E-state index contributed by atoms with van der Waals surface area (Å²) in [6.07, 6.45) is 1.33. The molecular formula is C13H9ClN2O4. The molecule has 0 amide bonds. The topological polar surface area (TPSA) is 96.0 Å². The van der Waals surface area contributed by atoms with E-state index in [0.717, 1.165) is 6.07 Å². The van der Waals surface area contributed by atoms with Crippen LogP contribution < -0.4 is 0 Å². The third-order valence-electron chi connectivity index (χ3n) is 2.51. The van der Waals surface area contributed by atoms with Crippen LogP contribution in [0.5, 0.6) is 11.5 Å². The third-order valence-corrected chi connectivity index (χ3v) is 2.74. The Labute approximate surface area is 118 Å². The normalized spacial score (nSPS) is 10.8. The number of phenols is 2. The van der Waals surface area contributed by atoms with Crippen molar-refractivity contribution in [3.05, 3.63) is 57.1 Å². The lowest BCUT2D eigenvalue weighted by Crippen LogP contribution is -1.87. The predicted octanol–water partition coefficient (Wildman–Crippen LogP) is 3.41. The molecule has 2 rings (SSSR count). The van der Waals surface area contributed by atoms with E-state index in [1.807, 2.05) is 0 Å². The minimum Gasteiger partial charge on any atom is -0.507 e. The molecule has 0 fully saturated rings. The number of hydrogen-bond donors (Lipinski definition) is 2. The van der Waals surface area contributed by atoms with E-state index in [2.05, 4.69) is 4.99 Å². The summed E-state index contributed by atoms with van der Waals surface area (Å²) in [7, 11) is 0. The number of nitrogens with zero attached hydrogens (tertiary/aromatic N) is 2. The number of aliphatic imine (C=N–C) groups is 1. The van der Waals surface area contributed by atoms with Crippen LogP contribution in [0.3, 0.4) is 0 Å².